The topological polar surface area (TPSA) is 79.2 Å². The van der Waals surface area contributed by atoms with Gasteiger partial charge in [-0.1, -0.05) is 6.07 Å². The number of carbonyl (C=O) groups excluding carboxylic acids is 1. The Balaban J connectivity index is 1.86. The van der Waals surface area contributed by atoms with E-state index in [1.807, 2.05) is 4.90 Å². The van der Waals surface area contributed by atoms with Crippen molar-refractivity contribution in [3.63, 3.8) is 0 Å². The Morgan fingerprint density at radius 1 is 1.21 bits per heavy atom. The Morgan fingerprint density at radius 3 is 2.64 bits per heavy atom. The molecule has 2 aromatic heterocycles. The van der Waals surface area contributed by atoms with Crippen molar-refractivity contribution in [2.24, 2.45) is 0 Å². The van der Waals surface area contributed by atoms with E-state index in [1.54, 1.807) is 27.1 Å². The van der Waals surface area contributed by atoms with Gasteiger partial charge in [-0.25, -0.2) is 13.8 Å². The number of fused-ring (bicyclic) bond motifs is 1. The number of aromatic nitrogens is 2. The van der Waals surface area contributed by atoms with Crippen LogP contribution in [0.25, 0.3) is 5.65 Å². The molecule has 1 aliphatic heterocycles. The fourth-order valence-electron chi connectivity index (χ4n) is 3.79. The zero-order chi connectivity index (χ0) is 23.7. The molecule has 1 fully saturated rings. The number of hydrogen-bond donors (Lipinski definition) is 1. The Kier molecular flexibility index (Phi) is 6.28. The molecule has 1 aromatic carbocycles. The lowest BCUT2D eigenvalue weighted by Gasteiger charge is -2.28. The van der Waals surface area contributed by atoms with Gasteiger partial charge in [0, 0.05) is 45.0 Å². The summed E-state index contributed by atoms with van der Waals surface area (Å²) in [6.07, 6.45) is 1.45. The molecule has 10 heteroatoms. The first-order chi connectivity index (χ1) is 15.8. The first-order valence-electron chi connectivity index (χ1n) is 10.6. The molecule has 8 nitrogen and oxygen atoms in total. The number of amides is 1. The Labute approximate surface area is 189 Å². The Morgan fingerprint density at radius 2 is 1.94 bits per heavy atom. The average molecular weight is 457 g/mol. The highest BCUT2D eigenvalue weighted by molar-refractivity contribution is 5.94. The number of ether oxygens (including phenoxy) is 1. The minimum absolute atomic E-state index is 0.0309. The number of anilines is 2. The minimum atomic E-state index is -1.01. The van der Waals surface area contributed by atoms with Crippen molar-refractivity contribution in [3.05, 3.63) is 69.6 Å². The van der Waals surface area contributed by atoms with E-state index in [1.165, 1.54) is 33.7 Å². The summed E-state index contributed by atoms with van der Waals surface area (Å²) in [4.78, 5) is 33.8. The SMILES string of the molecule is CC(Nc1cccc(F)c1F)c1cc(C(=O)N(C)C)cn2c(=O)cc(N3CCOCC3)nc12. The van der Waals surface area contributed by atoms with Crippen LogP contribution < -0.4 is 15.8 Å². The fraction of sp³-hybridized carbons (Fsp3) is 0.348. The zero-order valence-corrected chi connectivity index (χ0v) is 18.6. The predicted octanol–water partition coefficient (Wildman–Crippen LogP) is 2.68. The molecule has 33 heavy (non-hydrogen) atoms. The molecule has 0 bridgehead atoms. The molecule has 174 valence electrons. The summed E-state index contributed by atoms with van der Waals surface area (Å²) in [7, 11) is 3.22. The summed E-state index contributed by atoms with van der Waals surface area (Å²) in [5.41, 5.74) is 0.727. The van der Waals surface area contributed by atoms with Crippen molar-refractivity contribution in [1.82, 2.24) is 14.3 Å². The quantitative estimate of drug-likeness (QED) is 0.635. The van der Waals surface area contributed by atoms with Crippen LogP contribution in [-0.4, -0.2) is 60.6 Å². The molecule has 4 rings (SSSR count). The van der Waals surface area contributed by atoms with Crippen LogP contribution in [0.2, 0.25) is 0 Å². The van der Waals surface area contributed by atoms with E-state index in [-0.39, 0.29) is 22.7 Å². The van der Waals surface area contributed by atoms with Crippen molar-refractivity contribution in [3.8, 4) is 0 Å². The van der Waals surface area contributed by atoms with E-state index >= 15 is 0 Å². The van der Waals surface area contributed by atoms with Gasteiger partial charge in [0.2, 0.25) is 0 Å². The second-order valence-electron chi connectivity index (χ2n) is 8.10. The highest BCUT2D eigenvalue weighted by Crippen LogP contribution is 2.27. The molecular weight excluding hydrogens is 432 g/mol. The lowest BCUT2D eigenvalue weighted by atomic mass is 10.1. The molecule has 1 amide bonds. The van der Waals surface area contributed by atoms with Crippen molar-refractivity contribution in [2.45, 2.75) is 13.0 Å². The number of halogens is 2. The summed E-state index contributed by atoms with van der Waals surface area (Å²) in [6.45, 7) is 3.98. The summed E-state index contributed by atoms with van der Waals surface area (Å²) >= 11 is 0. The molecular formula is C23H25F2N5O3. The van der Waals surface area contributed by atoms with Crippen LogP contribution >= 0.6 is 0 Å². The van der Waals surface area contributed by atoms with Gasteiger partial charge in [-0.05, 0) is 25.1 Å². The Bertz CT molecular complexity index is 1250. The first-order valence-corrected chi connectivity index (χ1v) is 10.6. The van der Waals surface area contributed by atoms with Crippen LogP contribution in [0.15, 0.2) is 41.3 Å². The zero-order valence-electron chi connectivity index (χ0n) is 18.6. The summed E-state index contributed by atoms with van der Waals surface area (Å²) in [5, 5.41) is 2.94. The standard InChI is InChI=1S/C23H25F2N5O3/c1-14(26-18-6-4-5-17(24)21(18)25)16-11-15(23(32)28(2)3)13-30-20(31)12-19(27-22(16)30)29-7-9-33-10-8-29/h4-6,11-14,26H,7-10H2,1-3H3. The third-order valence-corrected chi connectivity index (χ3v) is 5.55. The van der Waals surface area contributed by atoms with Crippen molar-refractivity contribution >= 4 is 23.1 Å². The smallest absolute Gasteiger partial charge is 0.259 e. The second kappa shape index (κ2) is 9.14. The molecule has 1 aliphatic rings. The molecule has 0 spiro atoms. The molecule has 1 unspecified atom stereocenters. The summed E-state index contributed by atoms with van der Waals surface area (Å²) < 4.78 is 34.7. The molecule has 0 radical (unpaired) electrons. The molecule has 3 heterocycles. The lowest BCUT2D eigenvalue weighted by Crippen LogP contribution is -2.37. The number of benzene rings is 1. The number of carbonyl (C=O) groups is 1. The van der Waals surface area contributed by atoms with E-state index in [4.69, 9.17) is 9.72 Å². The number of morpholine rings is 1. The number of hydrogen-bond acceptors (Lipinski definition) is 6. The molecule has 1 N–H and O–H groups in total. The van der Waals surface area contributed by atoms with Crippen LogP contribution in [0, 0.1) is 11.6 Å². The average Bonchev–Trinajstić information content (AvgIpc) is 2.81. The van der Waals surface area contributed by atoms with Gasteiger partial charge in [0.1, 0.15) is 11.5 Å². The van der Waals surface area contributed by atoms with E-state index in [2.05, 4.69) is 5.32 Å². The maximum atomic E-state index is 14.3. The molecule has 3 aromatic rings. The van der Waals surface area contributed by atoms with Gasteiger partial charge in [-0.2, -0.15) is 0 Å². The molecule has 0 aliphatic carbocycles. The van der Waals surface area contributed by atoms with Gasteiger partial charge in [0.25, 0.3) is 11.5 Å². The van der Waals surface area contributed by atoms with Crippen molar-refractivity contribution in [1.29, 1.82) is 0 Å². The van der Waals surface area contributed by atoms with Gasteiger partial charge in [0.05, 0.1) is 30.5 Å². The minimum Gasteiger partial charge on any atom is -0.378 e. The first kappa shape index (κ1) is 22.7. The maximum Gasteiger partial charge on any atom is 0.259 e. The monoisotopic (exact) mass is 457 g/mol. The second-order valence-corrected chi connectivity index (χ2v) is 8.10. The van der Waals surface area contributed by atoms with Crippen molar-refractivity contribution < 1.29 is 18.3 Å². The lowest BCUT2D eigenvalue weighted by molar-refractivity contribution is 0.0827. The van der Waals surface area contributed by atoms with Crippen LogP contribution in [0.3, 0.4) is 0 Å². The van der Waals surface area contributed by atoms with Gasteiger partial charge in [-0.15, -0.1) is 0 Å². The maximum absolute atomic E-state index is 14.3. The summed E-state index contributed by atoms with van der Waals surface area (Å²) in [5.74, 6) is -1.78. The van der Waals surface area contributed by atoms with E-state index in [9.17, 15) is 18.4 Å². The third kappa shape index (κ3) is 4.51. The van der Waals surface area contributed by atoms with Crippen LogP contribution in [0.4, 0.5) is 20.3 Å². The number of nitrogens with one attached hydrogen (secondary N) is 1. The van der Waals surface area contributed by atoms with Gasteiger partial charge < -0.3 is 19.9 Å². The third-order valence-electron chi connectivity index (χ3n) is 5.55. The molecule has 0 saturated carbocycles. The summed E-state index contributed by atoms with van der Waals surface area (Å²) in [6, 6.07) is 6.31. The van der Waals surface area contributed by atoms with Crippen LogP contribution in [0.5, 0.6) is 0 Å². The largest absolute Gasteiger partial charge is 0.378 e. The van der Waals surface area contributed by atoms with Crippen molar-refractivity contribution in [2.75, 3.05) is 50.6 Å². The number of nitrogens with zero attached hydrogens (tertiary/aromatic N) is 4. The number of rotatable bonds is 5. The highest BCUT2D eigenvalue weighted by atomic mass is 19.2. The van der Waals surface area contributed by atoms with E-state index < -0.39 is 17.7 Å². The van der Waals surface area contributed by atoms with Gasteiger partial charge in [-0.3, -0.25) is 14.0 Å². The van der Waals surface area contributed by atoms with Gasteiger partial charge >= 0.3 is 0 Å². The molecule has 1 atom stereocenters. The van der Waals surface area contributed by atoms with Crippen LogP contribution in [0.1, 0.15) is 28.9 Å². The van der Waals surface area contributed by atoms with E-state index in [0.717, 1.165) is 6.07 Å². The highest BCUT2D eigenvalue weighted by Gasteiger charge is 2.21. The Hall–Kier alpha value is -3.53. The fourth-order valence-corrected chi connectivity index (χ4v) is 3.79. The molecule has 1 saturated heterocycles. The predicted molar refractivity (Wildman–Crippen MR) is 121 cm³/mol. The van der Waals surface area contributed by atoms with E-state index in [0.29, 0.717) is 43.3 Å². The normalized spacial score (nSPS) is 14.9. The number of pyridine rings is 1. The van der Waals surface area contributed by atoms with Gasteiger partial charge in [0.15, 0.2) is 11.6 Å². The van der Waals surface area contributed by atoms with Crippen LogP contribution in [-0.2, 0) is 4.74 Å².